The fourth-order valence-corrected chi connectivity index (χ4v) is 4.35. The number of carbonyl (C=O) groups excluding carboxylic acids is 1. The van der Waals surface area contributed by atoms with E-state index < -0.39 is 17.8 Å². The van der Waals surface area contributed by atoms with Crippen molar-refractivity contribution in [1.29, 1.82) is 0 Å². The van der Waals surface area contributed by atoms with Gasteiger partial charge in [0, 0.05) is 17.8 Å². The average Bonchev–Trinajstić information content (AvgIpc) is 3.27. The maximum absolute atomic E-state index is 13.4. The fourth-order valence-electron chi connectivity index (χ4n) is 4.16. The van der Waals surface area contributed by atoms with E-state index in [4.69, 9.17) is 16.3 Å². The number of pyridine rings is 1. The van der Waals surface area contributed by atoms with Crippen molar-refractivity contribution < 1.29 is 22.7 Å². The van der Waals surface area contributed by atoms with Crippen LogP contribution >= 0.6 is 11.6 Å². The van der Waals surface area contributed by atoms with Gasteiger partial charge in [-0.25, -0.2) is 19.7 Å². The van der Waals surface area contributed by atoms with Gasteiger partial charge in [-0.15, -0.1) is 0 Å². The number of benzene rings is 1. The first-order valence-corrected chi connectivity index (χ1v) is 11.2. The zero-order chi connectivity index (χ0) is 24.7. The van der Waals surface area contributed by atoms with Gasteiger partial charge < -0.3 is 15.0 Å². The number of rotatable bonds is 3. The molecule has 0 unspecified atom stereocenters. The normalized spacial score (nSPS) is 15.8. The summed E-state index contributed by atoms with van der Waals surface area (Å²) in [6.45, 7) is 2.84. The smallest absolute Gasteiger partial charge is 0.416 e. The summed E-state index contributed by atoms with van der Waals surface area (Å²) in [6.07, 6.45) is -2.85. The van der Waals surface area contributed by atoms with E-state index in [2.05, 4.69) is 20.3 Å². The molecule has 4 heterocycles. The number of hydrogen-bond acceptors (Lipinski definition) is 6. The van der Waals surface area contributed by atoms with Gasteiger partial charge in [0.1, 0.15) is 12.4 Å². The molecule has 1 N–H and O–H groups in total. The molecule has 8 nitrogen and oxygen atoms in total. The second kappa shape index (κ2) is 8.88. The van der Waals surface area contributed by atoms with Gasteiger partial charge in [0.2, 0.25) is 5.28 Å². The first-order valence-electron chi connectivity index (χ1n) is 10.8. The first-order chi connectivity index (χ1) is 16.7. The van der Waals surface area contributed by atoms with Crippen molar-refractivity contribution in [3.8, 4) is 5.75 Å². The standard InChI is InChI=1S/C23H20ClF3N6O2/c1-13(14-4-2-5-15(10-14)23(25,26)27)29-19-16-11-32(12-17(16)30-21(24)31-19)22(34)33-8-9-35-18-6-3-7-28-20(18)33/h2-7,10,13H,8-9,11-12H2,1H3,(H,29,30,31)/t13-/m1/s1. The van der Waals surface area contributed by atoms with Crippen LogP contribution in [0, 0.1) is 0 Å². The summed E-state index contributed by atoms with van der Waals surface area (Å²) in [5.41, 5.74) is 0.943. The Hall–Kier alpha value is -3.60. The molecular weight excluding hydrogens is 485 g/mol. The molecule has 0 fully saturated rings. The van der Waals surface area contributed by atoms with Crippen molar-refractivity contribution in [2.45, 2.75) is 32.2 Å². The summed E-state index contributed by atoms with van der Waals surface area (Å²) in [5, 5.41) is 3.13. The molecule has 0 radical (unpaired) electrons. The topological polar surface area (TPSA) is 83.5 Å². The van der Waals surface area contributed by atoms with Gasteiger partial charge in [-0.05, 0) is 48.4 Å². The lowest BCUT2D eigenvalue weighted by Gasteiger charge is -2.31. The van der Waals surface area contributed by atoms with Crippen molar-refractivity contribution in [3.63, 3.8) is 0 Å². The number of urea groups is 1. The van der Waals surface area contributed by atoms with E-state index in [0.29, 0.717) is 47.4 Å². The number of anilines is 2. The number of alkyl halides is 3. The van der Waals surface area contributed by atoms with Crippen LogP contribution < -0.4 is 15.0 Å². The lowest BCUT2D eigenvalue weighted by Crippen LogP contribution is -2.45. The zero-order valence-corrected chi connectivity index (χ0v) is 19.3. The summed E-state index contributed by atoms with van der Waals surface area (Å²) in [5.74, 6) is 1.35. The molecule has 12 heteroatoms. The van der Waals surface area contributed by atoms with E-state index in [9.17, 15) is 18.0 Å². The number of ether oxygens (including phenoxy) is 1. The van der Waals surface area contributed by atoms with Gasteiger partial charge in [0.05, 0.1) is 30.9 Å². The second-order valence-electron chi connectivity index (χ2n) is 8.22. The molecule has 5 rings (SSSR count). The van der Waals surface area contributed by atoms with Gasteiger partial charge >= 0.3 is 12.2 Å². The molecule has 2 amide bonds. The lowest BCUT2D eigenvalue weighted by molar-refractivity contribution is -0.137. The summed E-state index contributed by atoms with van der Waals surface area (Å²) >= 11 is 6.13. The molecule has 1 atom stereocenters. The molecule has 0 saturated carbocycles. The summed E-state index contributed by atoms with van der Waals surface area (Å²) in [4.78, 5) is 29.3. The molecule has 35 heavy (non-hydrogen) atoms. The van der Waals surface area contributed by atoms with Crippen LogP contribution in [0.1, 0.15) is 35.3 Å². The third-order valence-corrected chi connectivity index (χ3v) is 6.07. The largest absolute Gasteiger partial charge is 0.488 e. The van der Waals surface area contributed by atoms with E-state index in [1.165, 1.54) is 6.07 Å². The molecule has 2 aliphatic heterocycles. The Morgan fingerprint density at radius 1 is 1.20 bits per heavy atom. The summed E-state index contributed by atoms with van der Waals surface area (Å²) in [6, 6.07) is 7.81. The number of nitrogens with zero attached hydrogens (tertiary/aromatic N) is 5. The average molecular weight is 505 g/mol. The van der Waals surface area contributed by atoms with Crippen molar-refractivity contribution in [1.82, 2.24) is 19.9 Å². The quantitative estimate of drug-likeness (QED) is 0.502. The van der Waals surface area contributed by atoms with Gasteiger partial charge in [-0.3, -0.25) is 4.90 Å². The Morgan fingerprint density at radius 3 is 2.83 bits per heavy atom. The van der Waals surface area contributed by atoms with Crippen LogP contribution in [-0.2, 0) is 19.3 Å². The van der Waals surface area contributed by atoms with Crippen molar-refractivity contribution in [2.24, 2.45) is 0 Å². The minimum Gasteiger partial charge on any atom is -0.488 e. The minimum atomic E-state index is -4.44. The van der Waals surface area contributed by atoms with Crippen LogP contribution in [0.3, 0.4) is 0 Å². The Labute approximate surface area is 203 Å². The van der Waals surface area contributed by atoms with Gasteiger partial charge in [-0.2, -0.15) is 13.2 Å². The zero-order valence-electron chi connectivity index (χ0n) is 18.5. The number of nitrogens with one attached hydrogen (secondary N) is 1. The van der Waals surface area contributed by atoms with Crippen LogP contribution in [-0.4, -0.2) is 39.0 Å². The van der Waals surface area contributed by atoms with E-state index in [1.807, 2.05) is 0 Å². The fraction of sp³-hybridized carbons (Fsp3) is 0.304. The highest BCUT2D eigenvalue weighted by molar-refractivity contribution is 6.28. The SMILES string of the molecule is C[C@@H](Nc1nc(Cl)nc2c1CN(C(=O)N1CCOc3cccnc31)C2)c1cccc(C(F)(F)F)c1. The van der Waals surface area contributed by atoms with Crippen LogP contribution in [0.2, 0.25) is 5.28 Å². The van der Waals surface area contributed by atoms with Crippen LogP contribution in [0.25, 0.3) is 0 Å². The number of aromatic nitrogens is 3. The Morgan fingerprint density at radius 2 is 2.03 bits per heavy atom. The molecule has 182 valence electrons. The maximum atomic E-state index is 13.4. The van der Waals surface area contributed by atoms with E-state index in [0.717, 1.165) is 12.1 Å². The number of fused-ring (bicyclic) bond motifs is 2. The Balaban J connectivity index is 1.37. The third-order valence-electron chi connectivity index (χ3n) is 5.90. The van der Waals surface area contributed by atoms with Crippen molar-refractivity contribution in [3.05, 3.63) is 70.3 Å². The second-order valence-corrected chi connectivity index (χ2v) is 8.56. The van der Waals surface area contributed by atoms with E-state index >= 15 is 0 Å². The molecule has 3 aromatic rings. The maximum Gasteiger partial charge on any atom is 0.416 e. The Bertz CT molecular complexity index is 1290. The van der Waals surface area contributed by atoms with E-state index in [1.54, 1.807) is 41.1 Å². The number of amides is 2. The number of carbonyl (C=O) groups is 1. The third kappa shape index (κ3) is 4.55. The summed E-state index contributed by atoms with van der Waals surface area (Å²) in [7, 11) is 0. The van der Waals surface area contributed by atoms with Gasteiger partial charge in [0.25, 0.3) is 0 Å². The van der Waals surface area contributed by atoms with Gasteiger partial charge in [-0.1, -0.05) is 12.1 Å². The lowest BCUT2D eigenvalue weighted by atomic mass is 10.0. The predicted molar refractivity (Wildman–Crippen MR) is 122 cm³/mol. The molecule has 2 aliphatic rings. The number of hydrogen-bond donors (Lipinski definition) is 1. The van der Waals surface area contributed by atoms with Crippen LogP contribution in [0.5, 0.6) is 5.75 Å². The van der Waals surface area contributed by atoms with Crippen LogP contribution in [0.4, 0.5) is 29.6 Å². The van der Waals surface area contributed by atoms with Crippen molar-refractivity contribution >= 4 is 29.3 Å². The molecule has 0 bridgehead atoms. The molecule has 0 saturated heterocycles. The van der Waals surface area contributed by atoms with Gasteiger partial charge in [0.15, 0.2) is 11.6 Å². The molecule has 0 spiro atoms. The highest BCUT2D eigenvalue weighted by Gasteiger charge is 2.35. The summed E-state index contributed by atoms with van der Waals surface area (Å²) < 4.78 is 45.0. The van der Waals surface area contributed by atoms with Crippen LogP contribution in [0.15, 0.2) is 42.6 Å². The van der Waals surface area contributed by atoms with Crippen molar-refractivity contribution in [2.75, 3.05) is 23.4 Å². The number of halogens is 4. The van der Waals surface area contributed by atoms with E-state index in [-0.39, 0.29) is 24.4 Å². The molecule has 1 aromatic carbocycles. The Kier molecular flexibility index (Phi) is 5.87. The predicted octanol–water partition coefficient (Wildman–Crippen LogP) is 5.05. The first kappa shape index (κ1) is 23.2. The highest BCUT2D eigenvalue weighted by Crippen LogP contribution is 2.35. The minimum absolute atomic E-state index is 0.0184. The molecular formula is C23H20ClF3N6O2. The monoisotopic (exact) mass is 504 g/mol. The molecule has 2 aromatic heterocycles. The molecule has 0 aliphatic carbocycles. The highest BCUT2D eigenvalue weighted by atomic mass is 35.5.